The summed E-state index contributed by atoms with van der Waals surface area (Å²) in [4.78, 5) is 29.2. The first-order valence-electron chi connectivity index (χ1n) is 9.24. The Labute approximate surface area is 153 Å². The average Bonchev–Trinajstić information content (AvgIpc) is 3.39. The van der Waals surface area contributed by atoms with Crippen LogP contribution in [0.15, 0.2) is 40.8 Å². The molecule has 0 spiro atoms. The van der Waals surface area contributed by atoms with Crippen LogP contribution >= 0.6 is 0 Å². The highest BCUT2D eigenvalue weighted by atomic mass is 16.3. The summed E-state index contributed by atoms with van der Waals surface area (Å²) in [6.07, 6.45) is 0.940. The molecule has 1 saturated heterocycles. The number of nitrogens with zero attached hydrogens (tertiary/aromatic N) is 2. The lowest BCUT2D eigenvalue weighted by atomic mass is 10.1. The molecule has 5 heteroatoms. The SMILES string of the molecule is Cc1cc(C(=O)N2CCN(C(=O)C3CC3c3ccccc3)CC2)c(C)o1. The lowest BCUT2D eigenvalue weighted by Crippen LogP contribution is -2.51. The maximum Gasteiger partial charge on any atom is 0.257 e. The van der Waals surface area contributed by atoms with E-state index < -0.39 is 0 Å². The number of furan rings is 1. The van der Waals surface area contributed by atoms with Crippen LogP contribution in [0.5, 0.6) is 0 Å². The molecular weight excluding hydrogens is 328 g/mol. The van der Waals surface area contributed by atoms with Crippen molar-refractivity contribution in [3.05, 3.63) is 59.0 Å². The molecule has 2 heterocycles. The molecule has 2 amide bonds. The fraction of sp³-hybridized carbons (Fsp3) is 0.429. The van der Waals surface area contributed by atoms with Gasteiger partial charge in [-0.2, -0.15) is 0 Å². The van der Waals surface area contributed by atoms with E-state index in [1.165, 1.54) is 5.56 Å². The van der Waals surface area contributed by atoms with E-state index in [4.69, 9.17) is 4.42 Å². The smallest absolute Gasteiger partial charge is 0.257 e. The summed E-state index contributed by atoms with van der Waals surface area (Å²) < 4.78 is 5.47. The molecule has 1 aliphatic heterocycles. The highest BCUT2D eigenvalue weighted by Crippen LogP contribution is 2.48. The summed E-state index contributed by atoms with van der Waals surface area (Å²) in [6, 6.07) is 12.1. The van der Waals surface area contributed by atoms with E-state index >= 15 is 0 Å². The summed E-state index contributed by atoms with van der Waals surface area (Å²) in [5, 5.41) is 0. The molecule has 2 aliphatic rings. The van der Waals surface area contributed by atoms with Gasteiger partial charge in [-0.25, -0.2) is 0 Å². The number of carbonyl (C=O) groups is 2. The molecule has 0 N–H and O–H groups in total. The van der Waals surface area contributed by atoms with Crippen molar-refractivity contribution < 1.29 is 14.0 Å². The maximum absolute atomic E-state index is 12.8. The molecule has 1 aromatic carbocycles. The first kappa shape index (κ1) is 16.9. The van der Waals surface area contributed by atoms with E-state index in [-0.39, 0.29) is 17.7 Å². The zero-order valence-electron chi connectivity index (χ0n) is 15.3. The second kappa shape index (κ2) is 6.63. The molecule has 1 aliphatic carbocycles. The van der Waals surface area contributed by atoms with Crippen molar-refractivity contribution >= 4 is 11.8 Å². The van der Waals surface area contributed by atoms with Crippen molar-refractivity contribution in [3.8, 4) is 0 Å². The summed E-state index contributed by atoms with van der Waals surface area (Å²) in [5.74, 6) is 2.12. The molecule has 1 saturated carbocycles. The van der Waals surface area contributed by atoms with Crippen LogP contribution < -0.4 is 0 Å². The Morgan fingerprint density at radius 3 is 2.27 bits per heavy atom. The predicted molar refractivity (Wildman–Crippen MR) is 98.0 cm³/mol. The van der Waals surface area contributed by atoms with Gasteiger partial charge in [0.05, 0.1) is 5.56 Å². The Morgan fingerprint density at radius 2 is 1.65 bits per heavy atom. The second-order valence-corrected chi connectivity index (χ2v) is 7.30. The molecule has 0 bridgehead atoms. The first-order valence-corrected chi connectivity index (χ1v) is 9.24. The van der Waals surface area contributed by atoms with Crippen molar-refractivity contribution in [2.45, 2.75) is 26.2 Å². The van der Waals surface area contributed by atoms with Crippen molar-refractivity contribution in [1.29, 1.82) is 0 Å². The van der Waals surface area contributed by atoms with Crippen LogP contribution in [-0.2, 0) is 4.79 Å². The van der Waals surface area contributed by atoms with Gasteiger partial charge in [-0.1, -0.05) is 30.3 Å². The normalized spacial score (nSPS) is 22.4. The Bertz CT molecular complexity index is 819. The van der Waals surface area contributed by atoms with Gasteiger partial charge in [0.15, 0.2) is 0 Å². The van der Waals surface area contributed by atoms with Crippen molar-refractivity contribution in [2.75, 3.05) is 26.2 Å². The maximum atomic E-state index is 12.8. The minimum atomic E-state index is 0.0000306. The standard InChI is InChI=1S/C21H24N2O3/c1-14-12-17(15(2)26-14)20(24)22-8-10-23(11-9-22)21(25)19-13-18(19)16-6-4-3-5-7-16/h3-7,12,18-19H,8-11,13H2,1-2H3. The molecule has 0 radical (unpaired) electrons. The average molecular weight is 352 g/mol. The van der Waals surface area contributed by atoms with E-state index in [0.717, 1.165) is 12.2 Å². The van der Waals surface area contributed by atoms with E-state index in [9.17, 15) is 9.59 Å². The lowest BCUT2D eigenvalue weighted by Gasteiger charge is -2.35. The van der Waals surface area contributed by atoms with Gasteiger partial charge in [-0.3, -0.25) is 9.59 Å². The predicted octanol–water partition coefficient (Wildman–Crippen LogP) is 2.98. The van der Waals surface area contributed by atoms with Crippen LogP contribution in [-0.4, -0.2) is 47.8 Å². The molecule has 136 valence electrons. The van der Waals surface area contributed by atoms with Gasteiger partial charge in [0.25, 0.3) is 5.91 Å². The fourth-order valence-corrected chi connectivity index (χ4v) is 3.91. The van der Waals surface area contributed by atoms with Crippen molar-refractivity contribution in [1.82, 2.24) is 9.80 Å². The number of amides is 2. The van der Waals surface area contributed by atoms with Crippen LogP contribution in [0.4, 0.5) is 0 Å². The van der Waals surface area contributed by atoms with E-state index in [2.05, 4.69) is 12.1 Å². The van der Waals surface area contributed by atoms with Gasteiger partial charge in [-0.05, 0) is 37.8 Å². The highest BCUT2D eigenvalue weighted by molar-refractivity contribution is 5.95. The Kier molecular flexibility index (Phi) is 4.31. The topological polar surface area (TPSA) is 53.8 Å². The first-order chi connectivity index (χ1) is 12.5. The summed E-state index contributed by atoms with van der Waals surface area (Å²) in [5.41, 5.74) is 1.89. The summed E-state index contributed by atoms with van der Waals surface area (Å²) >= 11 is 0. The summed E-state index contributed by atoms with van der Waals surface area (Å²) in [6.45, 7) is 6.04. The Hall–Kier alpha value is -2.56. The third kappa shape index (κ3) is 3.14. The molecule has 4 rings (SSSR count). The summed E-state index contributed by atoms with van der Waals surface area (Å²) in [7, 11) is 0. The number of benzene rings is 1. The van der Waals surface area contributed by atoms with Gasteiger partial charge in [-0.15, -0.1) is 0 Å². The van der Waals surface area contributed by atoms with E-state index in [0.29, 0.717) is 43.4 Å². The quantitative estimate of drug-likeness (QED) is 0.853. The molecule has 2 atom stereocenters. The van der Waals surface area contributed by atoms with Gasteiger partial charge < -0.3 is 14.2 Å². The zero-order chi connectivity index (χ0) is 18.3. The number of rotatable bonds is 3. The third-order valence-corrected chi connectivity index (χ3v) is 5.49. The van der Waals surface area contributed by atoms with Gasteiger partial charge in [0.2, 0.25) is 5.91 Å². The second-order valence-electron chi connectivity index (χ2n) is 7.30. The third-order valence-electron chi connectivity index (χ3n) is 5.49. The minimum Gasteiger partial charge on any atom is -0.466 e. The molecule has 1 aromatic heterocycles. The lowest BCUT2D eigenvalue weighted by molar-refractivity contribution is -0.134. The van der Waals surface area contributed by atoms with Crippen LogP contribution in [0.1, 0.15) is 39.8 Å². The Morgan fingerprint density at radius 1 is 1.00 bits per heavy atom. The monoisotopic (exact) mass is 352 g/mol. The van der Waals surface area contributed by atoms with Crippen LogP contribution in [0, 0.1) is 19.8 Å². The number of aryl methyl sites for hydroxylation is 2. The molecule has 2 fully saturated rings. The molecule has 2 unspecified atom stereocenters. The molecule has 5 nitrogen and oxygen atoms in total. The van der Waals surface area contributed by atoms with E-state index in [1.807, 2.05) is 41.8 Å². The Balaban J connectivity index is 1.33. The van der Waals surface area contributed by atoms with Gasteiger partial charge in [0.1, 0.15) is 11.5 Å². The highest BCUT2D eigenvalue weighted by Gasteiger charge is 2.46. The number of piperazine rings is 1. The van der Waals surface area contributed by atoms with Gasteiger partial charge >= 0.3 is 0 Å². The van der Waals surface area contributed by atoms with Gasteiger partial charge in [0, 0.05) is 32.1 Å². The van der Waals surface area contributed by atoms with Crippen molar-refractivity contribution in [3.63, 3.8) is 0 Å². The fourth-order valence-electron chi connectivity index (χ4n) is 3.91. The van der Waals surface area contributed by atoms with E-state index in [1.54, 1.807) is 6.07 Å². The van der Waals surface area contributed by atoms with Crippen LogP contribution in [0.3, 0.4) is 0 Å². The van der Waals surface area contributed by atoms with Crippen LogP contribution in [0.2, 0.25) is 0 Å². The molecule has 26 heavy (non-hydrogen) atoms. The van der Waals surface area contributed by atoms with Crippen LogP contribution in [0.25, 0.3) is 0 Å². The minimum absolute atomic E-state index is 0.0000306. The van der Waals surface area contributed by atoms with Crippen molar-refractivity contribution in [2.24, 2.45) is 5.92 Å². The number of hydrogen-bond donors (Lipinski definition) is 0. The number of carbonyl (C=O) groups excluding carboxylic acids is 2. The zero-order valence-corrected chi connectivity index (χ0v) is 15.3. The number of hydrogen-bond acceptors (Lipinski definition) is 3. The largest absolute Gasteiger partial charge is 0.466 e. The molecular formula is C21H24N2O3. The molecule has 2 aromatic rings.